The highest BCUT2D eigenvalue weighted by Crippen LogP contribution is 2.22. The van der Waals surface area contributed by atoms with Crippen LogP contribution in [-0.2, 0) is 16.1 Å². The van der Waals surface area contributed by atoms with Crippen LogP contribution in [0.25, 0.3) is 0 Å². The Labute approximate surface area is 143 Å². The SMILES string of the molecule is CCCOc1ccnc(CC(=O)ON2C(=O)c3ccccc3C2=O)n1. The third-order valence-corrected chi connectivity index (χ3v) is 3.39. The van der Waals surface area contributed by atoms with Crippen LogP contribution >= 0.6 is 0 Å². The Morgan fingerprint density at radius 3 is 2.44 bits per heavy atom. The standard InChI is InChI=1S/C17H15N3O5/c1-2-9-24-14-7-8-18-13(19-14)10-15(21)25-20-16(22)11-5-3-4-6-12(11)17(20)23/h3-8H,2,9-10H2,1H3. The van der Waals surface area contributed by atoms with Crippen molar-refractivity contribution >= 4 is 17.8 Å². The average molecular weight is 341 g/mol. The van der Waals surface area contributed by atoms with Gasteiger partial charge in [0.15, 0.2) is 0 Å². The quantitative estimate of drug-likeness (QED) is 0.735. The molecule has 1 aromatic heterocycles. The molecule has 0 unspecified atom stereocenters. The molecule has 3 rings (SSSR count). The molecule has 2 amide bonds. The average Bonchev–Trinajstić information content (AvgIpc) is 2.85. The summed E-state index contributed by atoms with van der Waals surface area (Å²) in [6.07, 6.45) is 1.99. The van der Waals surface area contributed by atoms with E-state index in [-0.39, 0.29) is 23.4 Å². The van der Waals surface area contributed by atoms with Gasteiger partial charge in [-0.3, -0.25) is 9.59 Å². The predicted molar refractivity (Wildman–Crippen MR) is 84.6 cm³/mol. The largest absolute Gasteiger partial charge is 0.478 e. The summed E-state index contributed by atoms with van der Waals surface area (Å²) in [6, 6.07) is 7.84. The van der Waals surface area contributed by atoms with Crippen molar-refractivity contribution < 1.29 is 24.0 Å². The molecule has 2 heterocycles. The summed E-state index contributed by atoms with van der Waals surface area (Å²) in [4.78, 5) is 49.3. The Morgan fingerprint density at radius 1 is 1.12 bits per heavy atom. The highest BCUT2D eigenvalue weighted by molar-refractivity contribution is 6.20. The van der Waals surface area contributed by atoms with Crippen LogP contribution in [0.2, 0.25) is 0 Å². The summed E-state index contributed by atoms with van der Waals surface area (Å²) >= 11 is 0. The lowest BCUT2D eigenvalue weighted by atomic mass is 10.1. The number of aromatic nitrogens is 2. The molecule has 0 fully saturated rings. The third kappa shape index (κ3) is 3.47. The first-order chi connectivity index (χ1) is 12.1. The van der Waals surface area contributed by atoms with Gasteiger partial charge in [0.05, 0.1) is 17.7 Å². The van der Waals surface area contributed by atoms with Gasteiger partial charge in [0.2, 0.25) is 5.88 Å². The van der Waals surface area contributed by atoms with E-state index in [0.29, 0.717) is 17.6 Å². The van der Waals surface area contributed by atoms with Gasteiger partial charge in [-0.25, -0.2) is 9.78 Å². The molecule has 0 saturated carbocycles. The Hall–Kier alpha value is -3.29. The zero-order valence-electron chi connectivity index (χ0n) is 13.5. The highest BCUT2D eigenvalue weighted by atomic mass is 16.7. The summed E-state index contributed by atoms with van der Waals surface area (Å²) in [7, 11) is 0. The van der Waals surface area contributed by atoms with Crippen molar-refractivity contribution in [2.75, 3.05) is 6.61 Å². The van der Waals surface area contributed by atoms with Crippen molar-refractivity contribution in [1.29, 1.82) is 0 Å². The van der Waals surface area contributed by atoms with Gasteiger partial charge in [-0.05, 0) is 18.6 Å². The third-order valence-electron chi connectivity index (χ3n) is 3.39. The molecule has 0 aliphatic carbocycles. The molecular formula is C17H15N3O5. The number of ether oxygens (including phenoxy) is 1. The fraction of sp³-hybridized carbons (Fsp3) is 0.235. The van der Waals surface area contributed by atoms with Crippen LogP contribution in [0, 0.1) is 0 Å². The van der Waals surface area contributed by atoms with E-state index in [9.17, 15) is 14.4 Å². The van der Waals surface area contributed by atoms with E-state index in [1.165, 1.54) is 18.3 Å². The van der Waals surface area contributed by atoms with Crippen molar-refractivity contribution in [3.05, 3.63) is 53.5 Å². The van der Waals surface area contributed by atoms with E-state index in [1.54, 1.807) is 18.2 Å². The van der Waals surface area contributed by atoms with Crippen molar-refractivity contribution in [2.45, 2.75) is 19.8 Å². The lowest BCUT2D eigenvalue weighted by Gasteiger charge is -2.12. The maximum atomic E-state index is 12.1. The minimum atomic E-state index is -0.817. The zero-order chi connectivity index (χ0) is 17.8. The summed E-state index contributed by atoms with van der Waals surface area (Å²) in [5.74, 6) is -1.64. The number of hydrogen-bond donors (Lipinski definition) is 0. The first-order valence-electron chi connectivity index (χ1n) is 7.73. The van der Waals surface area contributed by atoms with Gasteiger partial charge in [-0.1, -0.05) is 24.1 Å². The second kappa shape index (κ2) is 7.08. The first-order valence-corrected chi connectivity index (χ1v) is 7.73. The number of carbonyl (C=O) groups is 3. The monoisotopic (exact) mass is 341 g/mol. The summed E-state index contributed by atoms with van der Waals surface area (Å²) in [5.41, 5.74) is 0.401. The fourth-order valence-corrected chi connectivity index (χ4v) is 2.27. The molecule has 128 valence electrons. The molecule has 8 nitrogen and oxygen atoms in total. The minimum Gasteiger partial charge on any atom is -0.478 e. The lowest BCUT2D eigenvalue weighted by molar-refractivity contribution is -0.167. The molecule has 1 aliphatic heterocycles. The summed E-state index contributed by atoms with van der Waals surface area (Å²) < 4.78 is 5.37. The van der Waals surface area contributed by atoms with Crippen molar-refractivity contribution in [2.24, 2.45) is 0 Å². The number of nitrogens with zero attached hydrogens (tertiary/aromatic N) is 3. The van der Waals surface area contributed by atoms with Gasteiger partial charge in [-0.2, -0.15) is 4.98 Å². The Kier molecular flexibility index (Phi) is 4.69. The number of hydrogen-bond acceptors (Lipinski definition) is 7. The lowest BCUT2D eigenvalue weighted by Crippen LogP contribution is -2.33. The smallest absolute Gasteiger partial charge is 0.340 e. The van der Waals surface area contributed by atoms with Gasteiger partial charge in [-0.15, -0.1) is 0 Å². The molecule has 0 atom stereocenters. The Morgan fingerprint density at radius 2 is 1.80 bits per heavy atom. The van der Waals surface area contributed by atoms with Gasteiger partial charge in [0.25, 0.3) is 11.8 Å². The van der Waals surface area contributed by atoms with Crippen LogP contribution in [0.15, 0.2) is 36.5 Å². The van der Waals surface area contributed by atoms with Crippen LogP contribution in [0.5, 0.6) is 5.88 Å². The second-order valence-electron chi connectivity index (χ2n) is 5.25. The molecule has 0 saturated heterocycles. The maximum absolute atomic E-state index is 12.1. The van der Waals surface area contributed by atoms with Gasteiger partial charge < -0.3 is 9.57 Å². The summed E-state index contributed by atoms with van der Waals surface area (Å²) in [6.45, 7) is 2.46. The predicted octanol–water partition coefficient (Wildman–Crippen LogP) is 1.56. The number of hydroxylamine groups is 2. The molecule has 0 N–H and O–H groups in total. The maximum Gasteiger partial charge on any atom is 0.340 e. The number of imide groups is 1. The van der Waals surface area contributed by atoms with E-state index in [1.807, 2.05) is 6.92 Å². The minimum absolute atomic E-state index is 0.176. The van der Waals surface area contributed by atoms with Gasteiger partial charge in [0.1, 0.15) is 12.2 Å². The number of benzene rings is 1. The van der Waals surface area contributed by atoms with E-state index in [0.717, 1.165) is 6.42 Å². The number of fused-ring (bicyclic) bond motifs is 1. The van der Waals surface area contributed by atoms with Crippen LogP contribution in [0.1, 0.15) is 39.9 Å². The van der Waals surface area contributed by atoms with Gasteiger partial charge in [0, 0.05) is 12.3 Å². The zero-order valence-corrected chi connectivity index (χ0v) is 13.5. The molecular weight excluding hydrogens is 326 g/mol. The Balaban J connectivity index is 1.66. The molecule has 8 heteroatoms. The van der Waals surface area contributed by atoms with Crippen molar-refractivity contribution in [1.82, 2.24) is 15.0 Å². The fourth-order valence-electron chi connectivity index (χ4n) is 2.27. The van der Waals surface area contributed by atoms with Crippen molar-refractivity contribution in [3.8, 4) is 5.88 Å². The number of rotatable bonds is 6. The topological polar surface area (TPSA) is 98.7 Å². The molecule has 0 spiro atoms. The van der Waals surface area contributed by atoms with E-state index >= 15 is 0 Å². The van der Waals surface area contributed by atoms with Crippen LogP contribution in [-0.4, -0.2) is 39.4 Å². The molecule has 25 heavy (non-hydrogen) atoms. The van der Waals surface area contributed by atoms with E-state index in [2.05, 4.69) is 9.97 Å². The van der Waals surface area contributed by atoms with E-state index < -0.39 is 17.8 Å². The molecule has 1 aromatic carbocycles. The van der Waals surface area contributed by atoms with Crippen molar-refractivity contribution in [3.63, 3.8) is 0 Å². The van der Waals surface area contributed by atoms with E-state index in [4.69, 9.17) is 9.57 Å². The molecule has 2 aromatic rings. The Bertz CT molecular complexity index is 802. The van der Waals surface area contributed by atoms with Crippen LogP contribution in [0.4, 0.5) is 0 Å². The molecule has 1 aliphatic rings. The van der Waals surface area contributed by atoms with Crippen LogP contribution in [0.3, 0.4) is 0 Å². The first kappa shape index (κ1) is 16.6. The number of carbonyl (C=O) groups excluding carboxylic acids is 3. The molecule has 0 radical (unpaired) electrons. The normalized spacial score (nSPS) is 12.9. The molecule has 0 bridgehead atoms. The number of amides is 2. The highest BCUT2D eigenvalue weighted by Gasteiger charge is 2.38. The van der Waals surface area contributed by atoms with Gasteiger partial charge >= 0.3 is 5.97 Å². The summed E-state index contributed by atoms with van der Waals surface area (Å²) in [5, 5.41) is 0.463. The van der Waals surface area contributed by atoms with Crippen LogP contribution < -0.4 is 4.74 Å². The second-order valence-corrected chi connectivity index (χ2v) is 5.25.